The highest BCUT2D eigenvalue weighted by Crippen LogP contribution is 2.54. The second-order valence-corrected chi connectivity index (χ2v) is 13.1. The van der Waals surface area contributed by atoms with Gasteiger partial charge in [0.2, 0.25) is 0 Å². The lowest BCUT2D eigenvalue weighted by Crippen LogP contribution is -2.45. The van der Waals surface area contributed by atoms with Crippen LogP contribution in [0.3, 0.4) is 0 Å². The van der Waals surface area contributed by atoms with Gasteiger partial charge in [-0.3, -0.25) is 9.59 Å². The van der Waals surface area contributed by atoms with Crippen LogP contribution >= 0.6 is 11.6 Å². The number of methoxy groups -OCH3 is 1. The van der Waals surface area contributed by atoms with Gasteiger partial charge in [0.25, 0.3) is 0 Å². The van der Waals surface area contributed by atoms with Crippen molar-refractivity contribution >= 4 is 23.2 Å². The van der Waals surface area contributed by atoms with Gasteiger partial charge in [-0.05, 0) is 59.1 Å². The molecule has 2 aliphatic carbocycles. The van der Waals surface area contributed by atoms with Crippen molar-refractivity contribution < 1.29 is 19.1 Å². The minimum atomic E-state index is -0.358. The van der Waals surface area contributed by atoms with Gasteiger partial charge in [-0.1, -0.05) is 63.6 Å². The summed E-state index contributed by atoms with van der Waals surface area (Å²) in [6.45, 7) is 10.2. The average molecular weight is 548 g/mol. The molecule has 5 rings (SSSR count). The Bertz CT molecular complexity index is 1300. The molecule has 2 aromatic rings. The summed E-state index contributed by atoms with van der Waals surface area (Å²) >= 11 is 6.11. The van der Waals surface area contributed by atoms with Crippen molar-refractivity contribution in [3.63, 3.8) is 0 Å². The van der Waals surface area contributed by atoms with Crippen LogP contribution in [0.1, 0.15) is 70.4 Å². The fraction of sp³-hybridized carbons (Fsp3) is 0.455. The monoisotopic (exact) mass is 547 g/mol. The zero-order chi connectivity index (χ0) is 27.9. The Morgan fingerprint density at radius 3 is 2.00 bits per heavy atom. The van der Waals surface area contributed by atoms with Gasteiger partial charge in [0.15, 0.2) is 11.6 Å². The Hall–Kier alpha value is -2.89. The fourth-order valence-corrected chi connectivity index (χ4v) is 6.60. The maximum atomic E-state index is 13.8. The summed E-state index contributed by atoms with van der Waals surface area (Å²) in [5, 5.41) is 0.678. The summed E-state index contributed by atoms with van der Waals surface area (Å²) in [7, 11) is 1.69. The van der Waals surface area contributed by atoms with E-state index in [-0.39, 0.29) is 28.3 Å². The predicted molar refractivity (Wildman–Crippen MR) is 154 cm³/mol. The predicted octanol–water partition coefficient (Wildman–Crippen LogP) is 7.25. The van der Waals surface area contributed by atoms with Crippen molar-refractivity contribution in [2.75, 3.05) is 20.3 Å². The summed E-state index contributed by atoms with van der Waals surface area (Å²) in [6.07, 6.45) is 2.54. The number of carbonyl (C=O) groups excluding carboxylic acids is 2. The van der Waals surface area contributed by atoms with Gasteiger partial charge in [0.1, 0.15) is 12.4 Å². The largest absolute Gasteiger partial charge is 0.489 e. The first-order chi connectivity index (χ1) is 18.5. The van der Waals surface area contributed by atoms with Gasteiger partial charge in [0, 0.05) is 60.0 Å². The normalized spacial score (nSPS) is 20.7. The van der Waals surface area contributed by atoms with Crippen LogP contribution in [0.15, 0.2) is 71.1 Å². The maximum absolute atomic E-state index is 13.8. The molecule has 0 atom stereocenters. The van der Waals surface area contributed by atoms with E-state index in [2.05, 4.69) is 32.6 Å². The smallest absolute Gasteiger partial charge is 0.162 e. The van der Waals surface area contributed by atoms with E-state index in [1.54, 1.807) is 7.11 Å². The molecular weight excluding hydrogens is 510 g/mol. The highest BCUT2D eigenvalue weighted by molar-refractivity contribution is 6.30. The lowest BCUT2D eigenvalue weighted by molar-refractivity contribution is -0.119. The zero-order valence-corrected chi connectivity index (χ0v) is 24.4. The second-order valence-electron chi connectivity index (χ2n) is 12.7. The Morgan fingerprint density at radius 2 is 1.46 bits per heavy atom. The van der Waals surface area contributed by atoms with E-state index >= 15 is 0 Å². The Labute approximate surface area is 236 Å². The van der Waals surface area contributed by atoms with Gasteiger partial charge in [0.05, 0.1) is 6.61 Å². The molecule has 0 amide bonds. The molecule has 39 heavy (non-hydrogen) atoms. The molecule has 6 heteroatoms. The molecule has 0 bridgehead atoms. The summed E-state index contributed by atoms with van der Waals surface area (Å²) in [5.74, 6) is 0.646. The number of hydrogen-bond donors (Lipinski definition) is 0. The van der Waals surface area contributed by atoms with Crippen LogP contribution in [0.2, 0.25) is 5.02 Å². The van der Waals surface area contributed by atoms with Gasteiger partial charge in [-0.25, -0.2) is 0 Å². The number of nitrogens with zero attached hydrogens (tertiary/aromatic N) is 1. The van der Waals surface area contributed by atoms with Crippen molar-refractivity contribution in [2.45, 2.75) is 65.9 Å². The lowest BCUT2D eigenvalue weighted by atomic mass is 9.63. The van der Waals surface area contributed by atoms with Crippen molar-refractivity contribution in [1.29, 1.82) is 0 Å². The molecule has 0 aromatic heterocycles. The molecule has 0 spiro atoms. The Kier molecular flexibility index (Phi) is 7.51. The van der Waals surface area contributed by atoms with Crippen LogP contribution in [0.4, 0.5) is 0 Å². The number of halogens is 1. The third kappa shape index (κ3) is 5.71. The standard InChI is InChI=1S/C33H38ClNO4/c1-32(2)16-25-30(27(36)18-32)29(31-26(35(25)13-14-38-5)17-33(3,4)19-28(31)37)22-9-11-24(12-10-22)39-20-21-7-6-8-23(34)15-21/h6-12,15,29H,13-14,16-20H2,1-5H3. The van der Waals surface area contributed by atoms with Crippen molar-refractivity contribution in [3.8, 4) is 5.75 Å². The molecule has 0 unspecified atom stereocenters. The zero-order valence-electron chi connectivity index (χ0n) is 23.6. The second kappa shape index (κ2) is 10.6. The summed E-state index contributed by atoms with van der Waals surface area (Å²) in [5.41, 5.74) is 5.34. The number of rotatable bonds is 7. The number of benzene rings is 2. The third-order valence-electron chi connectivity index (χ3n) is 8.05. The first kappa shape index (κ1) is 27.7. The number of hydrogen-bond acceptors (Lipinski definition) is 5. The molecule has 0 N–H and O–H groups in total. The molecule has 1 heterocycles. The molecule has 0 fully saturated rings. The molecule has 206 valence electrons. The third-order valence-corrected chi connectivity index (χ3v) is 8.28. The van der Waals surface area contributed by atoms with E-state index in [1.807, 2.05) is 48.5 Å². The van der Waals surface area contributed by atoms with Crippen LogP contribution in [-0.4, -0.2) is 36.7 Å². The Balaban J connectivity index is 1.56. The van der Waals surface area contributed by atoms with E-state index in [4.69, 9.17) is 21.1 Å². The molecular formula is C33H38ClNO4. The molecule has 0 saturated carbocycles. The number of Topliss-reactive ketones (excluding diaryl/α,β-unsaturated/α-hetero) is 2. The quantitative estimate of drug-likeness (QED) is 0.365. The fourth-order valence-electron chi connectivity index (χ4n) is 6.38. The summed E-state index contributed by atoms with van der Waals surface area (Å²) in [4.78, 5) is 29.9. The Morgan fingerprint density at radius 1 is 0.872 bits per heavy atom. The maximum Gasteiger partial charge on any atom is 0.162 e. The molecule has 1 aliphatic heterocycles. The molecule has 3 aliphatic rings. The highest BCUT2D eigenvalue weighted by atomic mass is 35.5. The van der Waals surface area contributed by atoms with Gasteiger partial charge >= 0.3 is 0 Å². The number of allylic oxidation sites excluding steroid dienone is 4. The van der Waals surface area contributed by atoms with E-state index in [1.165, 1.54) is 0 Å². The van der Waals surface area contributed by atoms with E-state index in [9.17, 15) is 9.59 Å². The first-order valence-corrected chi connectivity index (χ1v) is 14.1. The van der Waals surface area contributed by atoms with E-state index in [0.29, 0.717) is 37.6 Å². The minimum absolute atomic E-state index is 0.138. The van der Waals surface area contributed by atoms with E-state index < -0.39 is 0 Å². The van der Waals surface area contributed by atoms with Crippen molar-refractivity contribution in [2.24, 2.45) is 10.8 Å². The first-order valence-electron chi connectivity index (χ1n) is 13.7. The average Bonchev–Trinajstić information content (AvgIpc) is 2.85. The van der Waals surface area contributed by atoms with Crippen LogP contribution in [-0.2, 0) is 20.9 Å². The van der Waals surface area contributed by atoms with Gasteiger partial charge in [-0.2, -0.15) is 0 Å². The lowest BCUT2D eigenvalue weighted by Gasteiger charge is -2.49. The molecule has 5 nitrogen and oxygen atoms in total. The number of ether oxygens (including phenoxy) is 2. The topological polar surface area (TPSA) is 55.8 Å². The van der Waals surface area contributed by atoms with Crippen LogP contribution in [0, 0.1) is 10.8 Å². The molecule has 2 aromatic carbocycles. The number of ketones is 2. The highest BCUT2D eigenvalue weighted by Gasteiger charge is 2.48. The van der Waals surface area contributed by atoms with E-state index in [0.717, 1.165) is 52.3 Å². The van der Waals surface area contributed by atoms with Crippen molar-refractivity contribution in [1.82, 2.24) is 4.90 Å². The summed E-state index contributed by atoms with van der Waals surface area (Å²) < 4.78 is 11.5. The SMILES string of the molecule is COCCN1C2=C(C(=O)CC(C)(C)C2)C(c2ccc(OCc3cccc(Cl)c3)cc2)C2=C1CC(C)(C)CC2=O. The molecule has 0 saturated heterocycles. The van der Waals surface area contributed by atoms with Gasteiger partial charge in [-0.15, -0.1) is 0 Å². The van der Waals surface area contributed by atoms with Gasteiger partial charge < -0.3 is 14.4 Å². The van der Waals surface area contributed by atoms with Crippen molar-refractivity contribution in [3.05, 3.63) is 87.2 Å². The molecule has 0 radical (unpaired) electrons. The van der Waals surface area contributed by atoms with Crippen LogP contribution in [0.5, 0.6) is 5.75 Å². The summed E-state index contributed by atoms with van der Waals surface area (Å²) in [6, 6.07) is 15.5. The minimum Gasteiger partial charge on any atom is -0.489 e. The van der Waals surface area contributed by atoms with Crippen LogP contribution < -0.4 is 4.74 Å². The number of carbonyl (C=O) groups is 2. The van der Waals surface area contributed by atoms with Crippen LogP contribution in [0.25, 0.3) is 0 Å².